The third-order valence-corrected chi connectivity index (χ3v) is 12.5. The van der Waals surface area contributed by atoms with Gasteiger partial charge in [-0.2, -0.15) is 0 Å². The number of epoxide rings is 1. The number of carbonyl (C=O) groups excluding carboxylic acids is 1. The van der Waals surface area contributed by atoms with Crippen molar-refractivity contribution in [2.75, 3.05) is 0 Å². The van der Waals surface area contributed by atoms with Crippen LogP contribution in [0.25, 0.3) is 0 Å². The third-order valence-electron chi connectivity index (χ3n) is 12.5. The quantitative estimate of drug-likeness (QED) is 0.385. The largest absolute Gasteiger partial charge is 0.392 e. The first-order chi connectivity index (χ1) is 15.7. The van der Waals surface area contributed by atoms with Crippen molar-refractivity contribution in [3.63, 3.8) is 0 Å². The van der Waals surface area contributed by atoms with Gasteiger partial charge in [-0.25, -0.2) is 0 Å². The molecule has 0 aromatic heterocycles. The van der Waals surface area contributed by atoms with Crippen LogP contribution < -0.4 is 0 Å². The van der Waals surface area contributed by atoms with E-state index in [0.29, 0.717) is 24.0 Å². The number of aliphatic hydroxyl groups is 1. The van der Waals surface area contributed by atoms with Gasteiger partial charge in [0.05, 0.1) is 23.9 Å². The highest BCUT2D eigenvalue weighted by Crippen LogP contribution is 2.74. The fraction of sp³-hybridized carbons (Fsp3) is 0.900. The lowest BCUT2D eigenvalue weighted by Gasteiger charge is -2.68. The molecule has 190 valence electrons. The van der Waals surface area contributed by atoms with Gasteiger partial charge in [0.25, 0.3) is 0 Å². The number of ketones is 1. The molecule has 4 heteroatoms. The molecule has 3 saturated carbocycles. The molecule has 10 unspecified atom stereocenters. The van der Waals surface area contributed by atoms with Gasteiger partial charge in [0.15, 0.2) is 0 Å². The summed E-state index contributed by atoms with van der Waals surface area (Å²) in [5.74, 6) is 1.47. The number of ether oxygens (including phenoxy) is 2. The van der Waals surface area contributed by atoms with Crippen molar-refractivity contribution in [3.05, 3.63) is 11.1 Å². The van der Waals surface area contributed by atoms with Gasteiger partial charge in [0.1, 0.15) is 11.9 Å². The molecule has 0 radical (unpaired) electrons. The molecule has 2 aliphatic heterocycles. The van der Waals surface area contributed by atoms with Crippen LogP contribution in [0.2, 0.25) is 0 Å². The molecule has 2 saturated heterocycles. The van der Waals surface area contributed by atoms with Gasteiger partial charge >= 0.3 is 0 Å². The highest BCUT2D eigenvalue weighted by molar-refractivity contribution is 5.85. The molecule has 4 aliphatic carbocycles. The Labute approximate surface area is 206 Å². The average molecular weight is 471 g/mol. The fourth-order valence-electron chi connectivity index (χ4n) is 10.6. The van der Waals surface area contributed by atoms with E-state index in [-0.39, 0.29) is 57.6 Å². The van der Waals surface area contributed by atoms with Crippen molar-refractivity contribution in [3.8, 4) is 0 Å². The zero-order valence-corrected chi connectivity index (χ0v) is 22.7. The summed E-state index contributed by atoms with van der Waals surface area (Å²) in [7, 11) is 0. The molecule has 34 heavy (non-hydrogen) atoms. The lowest BCUT2D eigenvalue weighted by Crippen LogP contribution is -2.65. The zero-order valence-electron chi connectivity index (χ0n) is 22.7. The molecule has 1 N–H and O–H groups in total. The van der Waals surface area contributed by atoms with Gasteiger partial charge < -0.3 is 14.6 Å². The normalized spacial score (nSPS) is 55.2. The van der Waals surface area contributed by atoms with E-state index in [1.54, 1.807) is 0 Å². The Morgan fingerprint density at radius 2 is 1.71 bits per heavy atom. The zero-order chi connectivity index (χ0) is 24.6. The van der Waals surface area contributed by atoms with E-state index < -0.39 is 0 Å². The van der Waals surface area contributed by atoms with Crippen LogP contribution in [-0.2, 0) is 14.3 Å². The van der Waals surface area contributed by atoms with Crippen LogP contribution in [0.15, 0.2) is 11.1 Å². The van der Waals surface area contributed by atoms with E-state index in [1.807, 2.05) is 0 Å². The van der Waals surface area contributed by atoms with Crippen LogP contribution in [0.3, 0.4) is 0 Å². The Bertz CT molecular complexity index is 963. The maximum absolute atomic E-state index is 12.9. The lowest BCUT2D eigenvalue weighted by molar-refractivity contribution is -0.210. The predicted molar refractivity (Wildman–Crippen MR) is 132 cm³/mol. The van der Waals surface area contributed by atoms with Gasteiger partial charge in [-0.3, -0.25) is 4.79 Å². The van der Waals surface area contributed by atoms with Gasteiger partial charge in [0.2, 0.25) is 0 Å². The molecule has 0 spiro atoms. The molecule has 4 nitrogen and oxygen atoms in total. The molecular formula is C30H46O4. The van der Waals surface area contributed by atoms with Crippen LogP contribution in [0.4, 0.5) is 0 Å². The van der Waals surface area contributed by atoms with Crippen LogP contribution in [0.5, 0.6) is 0 Å². The first-order valence-corrected chi connectivity index (χ1v) is 13.9. The van der Waals surface area contributed by atoms with E-state index in [1.165, 1.54) is 11.1 Å². The van der Waals surface area contributed by atoms with E-state index in [2.05, 4.69) is 55.4 Å². The second-order valence-corrected chi connectivity index (χ2v) is 14.8. The van der Waals surface area contributed by atoms with Crippen molar-refractivity contribution >= 4 is 5.78 Å². The van der Waals surface area contributed by atoms with Crippen molar-refractivity contribution in [2.45, 2.75) is 130 Å². The molecular weight excluding hydrogens is 424 g/mol. The van der Waals surface area contributed by atoms with Gasteiger partial charge in [0, 0.05) is 11.8 Å². The molecule has 0 aromatic rings. The average Bonchev–Trinajstić information content (AvgIpc) is 3.25. The summed E-state index contributed by atoms with van der Waals surface area (Å²) in [6, 6.07) is 0. The molecule has 0 amide bonds. The number of Topliss-reactive ketones (excluding diaryl/α,β-unsaturated/α-hetero) is 1. The van der Waals surface area contributed by atoms with Crippen LogP contribution in [0, 0.1) is 39.4 Å². The minimum Gasteiger partial charge on any atom is -0.392 e. The van der Waals surface area contributed by atoms with Gasteiger partial charge in [-0.1, -0.05) is 47.1 Å². The standard InChI is InChI=1S/C30H46O4/c1-16-13-19(25-27(4,5)34-25)33-20-15-30(8)17(23(16)20)14-18(31)24-28(6)11-10-22(32)26(2,3)21(28)9-12-29(24,30)7/h16,18-21,24-25,31H,9-15H2,1-8H3. The van der Waals surface area contributed by atoms with Crippen LogP contribution in [0.1, 0.15) is 100 Å². The SMILES string of the molecule is CC1CC(C2OC2(C)C)OC2CC3(C)C(=C12)CC(O)C1C2(C)CCC(=O)C(C)(C)C2CCC13C. The molecule has 0 aromatic carbocycles. The van der Waals surface area contributed by atoms with Crippen molar-refractivity contribution in [1.29, 1.82) is 0 Å². The summed E-state index contributed by atoms with van der Waals surface area (Å²) in [4.78, 5) is 12.9. The first kappa shape index (κ1) is 23.7. The maximum Gasteiger partial charge on any atom is 0.138 e. The summed E-state index contributed by atoms with van der Waals surface area (Å²) >= 11 is 0. The monoisotopic (exact) mass is 470 g/mol. The number of rotatable bonds is 1. The summed E-state index contributed by atoms with van der Waals surface area (Å²) < 4.78 is 12.8. The van der Waals surface area contributed by atoms with Crippen molar-refractivity contribution in [2.24, 2.45) is 39.4 Å². The molecule has 6 aliphatic rings. The summed E-state index contributed by atoms with van der Waals surface area (Å²) in [5.41, 5.74) is 2.72. The Balaban J connectivity index is 1.38. The number of hydrogen-bond donors (Lipinski definition) is 1. The summed E-state index contributed by atoms with van der Waals surface area (Å²) in [6.07, 6.45) is 6.79. The minimum absolute atomic E-state index is 0.00230. The smallest absolute Gasteiger partial charge is 0.138 e. The Kier molecular flexibility index (Phi) is 4.72. The number of hydrogen-bond acceptors (Lipinski definition) is 4. The second-order valence-electron chi connectivity index (χ2n) is 14.8. The second kappa shape index (κ2) is 6.78. The maximum atomic E-state index is 12.9. The molecule has 2 heterocycles. The Morgan fingerprint density at radius 3 is 2.35 bits per heavy atom. The predicted octanol–water partition coefficient (Wildman–Crippen LogP) is 5.86. The first-order valence-electron chi connectivity index (χ1n) is 13.9. The summed E-state index contributed by atoms with van der Waals surface area (Å²) in [5, 5.41) is 11.9. The summed E-state index contributed by atoms with van der Waals surface area (Å²) in [6.45, 7) is 18.5. The van der Waals surface area contributed by atoms with Crippen molar-refractivity contribution in [1.82, 2.24) is 0 Å². The van der Waals surface area contributed by atoms with E-state index in [0.717, 1.165) is 38.5 Å². The van der Waals surface area contributed by atoms with Crippen LogP contribution >= 0.6 is 0 Å². The molecule has 6 rings (SSSR count). The van der Waals surface area contributed by atoms with E-state index in [4.69, 9.17) is 9.47 Å². The van der Waals surface area contributed by atoms with Crippen molar-refractivity contribution < 1.29 is 19.4 Å². The fourth-order valence-corrected chi connectivity index (χ4v) is 10.6. The highest BCUT2D eigenvalue weighted by atomic mass is 16.6. The topological polar surface area (TPSA) is 59.1 Å². The number of fused-ring (bicyclic) bond motifs is 6. The molecule has 0 bridgehead atoms. The van der Waals surface area contributed by atoms with Gasteiger partial charge in [-0.15, -0.1) is 0 Å². The molecule has 10 atom stereocenters. The Hall–Kier alpha value is -0.710. The third kappa shape index (κ3) is 2.74. The van der Waals surface area contributed by atoms with Crippen LogP contribution in [-0.4, -0.2) is 40.9 Å². The van der Waals surface area contributed by atoms with Gasteiger partial charge in [-0.05, 0) is 91.9 Å². The number of aliphatic hydroxyl groups excluding tert-OH is 1. The lowest BCUT2D eigenvalue weighted by atomic mass is 9.36. The highest BCUT2D eigenvalue weighted by Gasteiger charge is 2.70. The van der Waals surface area contributed by atoms with E-state index in [9.17, 15) is 9.90 Å². The Morgan fingerprint density at radius 1 is 1.03 bits per heavy atom. The minimum atomic E-state index is -0.341. The van der Waals surface area contributed by atoms with E-state index >= 15 is 0 Å². The number of carbonyl (C=O) groups is 1. The molecule has 5 fully saturated rings.